The third kappa shape index (κ3) is 3.88. The van der Waals surface area contributed by atoms with E-state index in [9.17, 15) is 9.59 Å². The summed E-state index contributed by atoms with van der Waals surface area (Å²) >= 11 is 0. The highest BCUT2D eigenvalue weighted by Gasteiger charge is 2.24. The van der Waals surface area contributed by atoms with Crippen molar-refractivity contribution in [3.05, 3.63) is 36.0 Å². The van der Waals surface area contributed by atoms with Crippen LogP contribution in [0.4, 0.5) is 0 Å². The van der Waals surface area contributed by atoms with E-state index in [1.165, 1.54) is 0 Å². The van der Waals surface area contributed by atoms with Gasteiger partial charge in [0.25, 0.3) is 5.91 Å². The molecular weight excluding hydrogens is 298 g/mol. The summed E-state index contributed by atoms with van der Waals surface area (Å²) in [6.07, 6.45) is 0. The molecule has 1 heterocycles. The summed E-state index contributed by atoms with van der Waals surface area (Å²) in [6.45, 7) is 3.46. The molecule has 1 atom stereocenters. The van der Waals surface area contributed by atoms with Gasteiger partial charge in [-0.25, -0.2) is 4.79 Å². The number of H-pyrrole nitrogens is 1. The van der Waals surface area contributed by atoms with E-state index in [0.717, 1.165) is 11.3 Å². The van der Waals surface area contributed by atoms with Crippen molar-refractivity contribution in [2.24, 2.45) is 5.92 Å². The Hall–Kier alpha value is -2.83. The Morgan fingerprint density at radius 1 is 1.26 bits per heavy atom. The first-order valence-electron chi connectivity index (χ1n) is 7.16. The second-order valence-electron chi connectivity index (χ2n) is 5.43. The second-order valence-corrected chi connectivity index (χ2v) is 5.43. The molecule has 122 valence electrons. The molecular formula is C16H19N3O4. The third-order valence-corrected chi connectivity index (χ3v) is 3.43. The number of carboxylic acids is 1. The zero-order valence-corrected chi connectivity index (χ0v) is 13.2. The predicted octanol–water partition coefficient (Wildman–Crippen LogP) is 1.92. The van der Waals surface area contributed by atoms with Gasteiger partial charge in [0, 0.05) is 5.56 Å². The Balaban J connectivity index is 2.14. The van der Waals surface area contributed by atoms with Gasteiger partial charge in [0.2, 0.25) is 0 Å². The van der Waals surface area contributed by atoms with Crippen LogP contribution in [0.1, 0.15) is 24.3 Å². The van der Waals surface area contributed by atoms with Gasteiger partial charge in [0.15, 0.2) is 0 Å². The molecule has 23 heavy (non-hydrogen) atoms. The number of rotatable bonds is 6. The number of aromatic nitrogens is 2. The second kappa shape index (κ2) is 6.95. The van der Waals surface area contributed by atoms with Crippen LogP contribution >= 0.6 is 0 Å². The van der Waals surface area contributed by atoms with Gasteiger partial charge in [-0.2, -0.15) is 5.10 Å². The number of benzene rings is 1. The fourth-order valence-electron chi connectivity index (χ4n) is 2.08. The normalized spacial score (nSPS) is 12.0. The maximum atomic E-state index is 12.1. The number of carbonyl (C=O) groups is 2. The van der Waals surface area contributed by atoms with Crippen LogP contribution in [0.3, 0.4) is 0 Å². The lowest BCUT2D eigenvalue weighted by Gasteiger charge is -2.17. The molecule has 1 aromatic heterocycles. The monoisotopic (exact) mass is 317 g/mol. The zero-order valence-electron chi connectivity index (χ0n) is 13.2. The molecule has 0 aliphatic carbocycles. The number of ether oxygens (including phenoxy) is 1. The van der Waals surface area contributed by atoms with Gasteiger partial charge < -0.3 is 15.2 Å². The molecule has 1 unspecified atom stereocenters. The van der Waals surface area contributed by atoms with Crippen LogP contribution in [0.25, 0.3) is 11.3 Å². The van der Waals surface area contributed by atoms with Crippen LogP contribution in [-0.4, -0.2) is 40.3 Å². The lowest BCUT2D eigenvalue weighted by atomic mass is 10.0. The van der Waals surface area contributed by atoms with Crippen molar-refractivity contribution >= 4 is 11.9 Å². The molecule has 0 spiro atoms. The van der Waals surface area contributed by atoms with E-state index in [1.54, 1.807) is 39.2 Å². The van der Waals surface area contributed by atoms with Crippen LogP contribution in [0, 0.1) is 5.92 Å². The van der Waals surface area contributed by atoms with E-state index in [2.05, 4.69) is 15.5 Å². The number of aliphatic carboxylic acids is 1. The van der Waals surface area contributed by atoms with Crippen LogP contribution in [0.5, 0.6) is 5.75 Å². The van der Waals surface area contributed by atoms with E-state index in [-0.39, 0.29) is 11.6 Å². The molecule has 2 rings (SSSR count). The van der Waals surface area contributed by atoms with E-state index >= 15 is 0 Å². The molecule has 7 heteroatoms. The fourth-order valence-corrected chi connectivity index (χ4v) is 2.08. The van der Waals surface area contributed by atoms with Crippen LogP contribution in [0.15, 0.2) is 30.3 Å². The molecule has 0 radical (unpaired) electrons. The average molecular weight is 317 g/mol. The largest absolute Gasteiger partial charge is 0.497 e. The van der Waals surface area contributed by atoms with Crippen LogP contribution in [0.2, 0.25) is 0 Å². The summed E-state index contributed by atoms with van der Waals surface area (Å²) in [5, 5.41) is 18.3. The Morgan fingerprint density at radius 2 is 1.91 bits per heavy atom. The number of amides is 1. The first-order chi connectivity index (χ1) is 10.9. The van der Waals surface area contributed by atoms with Crippen molar-refractivity contribution in [3.8, 4) is 17.0 Å². The van der Waals surface area contributed by atoms with E-state index in [1.807, 2.05) is 12.1 Å². The topological polar surface area (TPSA) is 104 Å². The number of carbonyl (C=O) groups excluding carboxylic acids is 1. The highest BCUT2D eigenvalue weighted by Crippen LogP contribution is 2.21. The Morgan fingerprint density at radius 3 is 2.43 bits per heavy atom. The highest BCUT2D eigenvalue weighted by atomic mass is 16.5. The van der Waals surface area contributed by atoms with Gasteiger partial charge >= 0.3 is 5.97 Å². The SMILES string of the molecule is COc1ccc(-c2cc(C(=O)NC(C(=O)O)C(C)C)[nH]n2)cc1. The molecule has 0 bridgehead atoms. The van der Waals surface area contributed by atoms with Crippen molar-refractivity contribution in [3.63, 3.8) is 0 Å². The molecule has 0 aliphatic heterocycles. The van der Waals surface area contributed by atoms with Crippen molar-refractivity contribution in [1.82, 2.24) is 15.5 Å². The fraction of sp³-hybridized carbons (Fsp3) is 0.312. The minimum Gasteiger partial charge on any atom is -0.497 e. The van der Waals surface area contributed by atoms with E-state index < -0.39 is 17.9 Å². The van der Waals surface area contributed by atoms with Gasteiger partial charge in [-0.3, -0.25) is 9.89 Å². The smallest absolute Gasteiger partial charge is 0.326 e. The molecule has 0 fully saturated rings. The molecule has 0 aliphatic rings. The standard InChI is InChI=1S/C16H19N3O4/c1-9(2)14(16(21)22)17-15(20)13-8-12(18-19-13)10-4-6-11(23-3)7-5-10/h4-9,14H,1-3H3,(H,17,20)(H,18,19)(H,21,22). The molecule has 2 aromatic rings. The van der Waals surface area contributed by atoms with Crippen molar-refractivity contribution < 1.29 is 19.4 Å². The summed E-state index contributed by atoms with van der Waals surface area (Å²) in [7, 11) is 1.58. The quantitative estimate of drug-likeness (QED) is 0.755. The van der Waals surface area contributed by atoms with Crippen LogP contribution < -0.4 is 10.1 Å². The maximum absolute atomic E-state index is 12.1. The summed E-state index contributed by atoms with van der Waals surface area (Å²) < 4.78 is 5.09. The van der Waals surface area contributed by atoms with Gasteiger partial charge in [0.05, 0.1) is 12.8 Å². The first-order valence-corrected chi connectivity index (χ1v) is 7.16. The first kappa shape index (κ1) is 16.5. The number of nitrogens with one attached hydrogen (secondary N) is 2. The number of methoxy groups -OCH3 is 1. The van der Waals surface area contributed by atoms with Crippen molar-refractivity contribution in [2.45, 2.75) is 19.9 Å². The molecule has 3 N–H and O–H groups in total. The summed E-state index contributed by atoms with van der Waals surface area (Å²) in [6, 6.07) is 7.87. The number of aromatic amines is 1. The lowest BCUT2D eigenvalue weighted by Crippen LogP contribution is -2.44. The minimum absolute atomic E-state index is 0.211. The third-order valence-electron chi connectivity index (χ3n) is 3.43. The number of hydrogen-bond acceptors (Lipinski definition) is 4. The predicted molar refractivity (Wildman–Crippen MR) is 84.3 cm³/mol. The highest BCUT2D eigenvalue weighted by molar-refractivity contribution is 5.95. The molecule has 0 saturated carbocycles. The van der Waals surface area contributed by atoms with E-state index in [0.29, 0.717) is 5.69 Å². The minimum atomic E-state index is -1.07. The van der Waals surface area contributed by atoms with Crippen LogP contribution in [-0.2, 0) is 4.79 Å². The summed E-state index contributed by atoms with van der Waals surface area (Å²) in [5.74, 6) is -1.06. The summed E-state index contributed by atoms with van der Waals surface area (Å²) in [5.41, 5.74) is 1.62. The zero-order chi connectivity index (χ0) is 17.0. The van der Waals surface area contributed by atoms with Gasteiger partial charge in [-0.1, -0.05) is 13.8 Å². The molecule has 7 nitrogen and oxygen atoms in total. The average Bonchev–Trinajstić information content (AvgIpc) is 3.01. The van der Waals surface area contributed by atoms with Crippen molar-refractivity contribution in [1.29, 1.82) is 0 Å². The molecule has 1 aromatic carbocycles. The van der Waals surface area contributed by atoms with Gasteiger partial charge in [-0.05, 0) is 36.2 Å². The maximum Gasteiger partial charge on any atom is 0.326 e. The Bertz CT molecular complexity index is 692. The molecule has 1 amide bonds. The Labute approximate surface area is 133 Å². The molecule has 0 saturated heterocycles. The van der Waals surface area contributed by atoms with Gasteiger partial charge in [0.1, 0.15) is 17.5 Å². The number of carboxylic acid groups (broad SMARTS) is 1. The van der Waals surface area contributed by atoms with Gasteiger partial charge in [-0.15, -0.1) is 0 Å². The lowest BCUT2D eigenvalue weighted by molar-refractivity contribution is -0.140. The Kier molecular flexibility index (Phi) is 5.00. The van der Waals surface area contributed by atoms with Crippen molar-refractivity contribution in [2.75, 3.05) is 7.11 Å². The number of hydrogen-bond donors (Lipinski definition) is 3. The number of nitrogens with zero attached hydrogens (tertiary/aromatic N) is 1. The van der Waals surface area contributed by atoms with E-state index in [4.69, 9.17) is 9.84 Å². The summed E-state index contributed by atoms with van der Waals surface area (Å²) in [4.78, 5) is 23.3.